The van der Waals surface area contributed by atoms with Crippen molar-refractivity contribution in [3.8, 4) is 5.75 Å². The van der Waals surface area contributed by atoms with Crippen LogP contribution in [0.15, 0.2) is 22.7 Å². The number of halogens is 1. The Balaban J connectivity index is 2.09. The average Bonchev–Trinajstić information content (AvgIpc) is 2.34. The van der Waals surface area contributed by atoms with E-state index in [1.807, 2.05) is 18.2 Å². The largest absolute Gasteiger partial charge is 0.490 e. The highest BCUT2D eigenvalue weighted by Gasteiger charge is 2.21. The molecule has 18 heavy (non-hydrogen) atoms. The van der Waals surface area contributed by atoms with E-state index in [9.17, 15) is 5.11 Å². The van der Waals surface area contributed by atoms with Crippen molar-refractivity contribution in [2.75, 3.05) is 0 Å². The Morgan fingerprint density at radius 1 is 1.28 bits per heavy atom. The summed E-state index contributed by atoms with van der Waals surface area (Å²) in [5, 5.41) is 9.80. The molecule has 0 unspecified atom stereocenters. The third-order valence-electron chi connectivity index (χ3n) is 3.68. The zero-order chi connectivity index (χ0) is 13.1. The molecule has 2 rings (SSSR count). The van der Waals surface area contributed by atoms with Gasteiger partial charge in [-0.1, -0.05) is 22.9 Å². The lowest BCUT2D eigenvalue weighted by Crippen LogP contribution is -2.23. The van der Waals surface area contributed by atoms with E-state index in [-0.39, 0.29) is 0 Å². The first kappa shape index (κ1) is 13.9. The van der Waals surface area contributed by atoms with Crippen molar-refractivity contribution in [1.82, 2.24) is 0 Å². The number of aliphatic hydroxyl groups excluding tert-OH is 1. The molecule has 0 aromatic heterocycles. The zero-order valence-electron chi connectivity index (χ0n) is 11.0. The lowest BCUT2D eigenvalue weighted by molar-refractivity contribution is 0.126. The fraction of sp³-hybridized carbons (Fsp3) is 0.600. The highest BCUT2D eigenvalue weighted by molar-refractivity contribution is 9.10. The Kier molecular flexibility index (Phi) is 4.68. The lowest BCUT2D eigenvalue weighted by Gasteiger charge is -2.28. The molecular formula is C15H21BrO2. The lowest BCUT2D eigenvalue weighted by atomic mass is 9.89. The van der Waals surface area contributed by atoms with Gasteiger partial charge in [0.1, 0.15) is 5.75 Å². The van der Waals surface area contributed by atoms with Crippen LogP contribution in [0.2, 0.25) is 0 Å². The standard InChI is InChI=1S/C15H21BrO2/c1-10-3-6-13(7-4-10)18-15-8-5-12(16)9-14(15)11(2)17/h5,8-11,13,17H,3-4,6-7H2,1-2H3/t10?,11-,13?/m1/s1. The highest BCUT2D eigenvalue weighted by Crippen LogP contribution is 2.32. The number of aliphatic hydroxyl groups is 1. The molecule has 1 aliphatic rings. The second kappa shape index (κ2) is 6.07. The molecule has 1 aliphatic carbocycles. The van der Waals surface area contributed by atoms with Crippen LogP contribution in [-0.4, -0.2) is 11.2 Å². The fourth-order valence-corrected chi connectivity index (χ4v) is 2.86. The number of rotatable bonds is 3. The molecule has 3 heteroatoms. The van der Waals surface area contributed by atoms with Gasteiger partial charge in [0.05, 0.1) is 12.2 Å². The number of hydrogen-bond donors (Lipinski definition) is 1. The van der Waals surface area contributed by atoms with Crippen molar-refractivity contribution in [2.24, 2.45) is 5.92 Å². The number of hydrogen-bond acceptors (Lipinski definition) is 2. The highest BCUT2D eigenvalue weighted by atomic mass is 79.9. The van der Waals surface area contributed by atoms with Crippen LogP contribution < -0.4 is 4.74 Å². The maximum Gasteiger partial charge on any atom is 0.125 e. The summed E-state index contributed by atoms with van der Waals surface area (Å²) in [6.07, 6.45) is 4.53. The van der Waals surface area contributed by atoms with Crippen LogP contribution in [0.4, 0.5) is 0 Å². The molecule has 1 N–H and O–H groups in total. The van der Waals surface area contributed by atoms with Crippen LogP contribution in [-0.2, 0) is 0 Å². The molecule has 0 bridgehead atoms. The summed E-state index contributed by atoms with van der Waals surface area (Å²) in [7, 11) is 0. The molecule has 100 valence electrons. The molecule has 1 fully saturated rings. The Morgan fingerprint density at radius 3 is 2.56 bits per heavy atom. The van der Waals surface area contributed by atoms with E-state index < -0.39 is 6.10 Å². The van der Waals surface area contributed by atoms with Gasteiger partial charge in [0.15, 0.2) is 0 Å². The monoisotopic (exact) mass is 312 g/mol. The third-order valence-corrected chi connectivity index (χ3v) is 4.17. The summed E-state index contributed by atoms with van der Waals surface area (Å²) >= 11 is 3.43. The maximum absolute atomic E-state index is 9.80. The first-order valence-corrected chi connectivity index (χ1v) is 7.49. The molecule has 0 amide bonds. The van der Waals surface area contributed by atoms with Crippen LogP contribution in [0, 0.1) is 5.92 Å². The Labute approximate surface area is 117 Å². The van der Waals surface area contributed by atoms with Crippen LogP contribution in [0.25, 0.3) is 0 Å². The third kappa shape index (κ3) is 3.48. The summed E-state index contributed by atoms with van der Waals surface area (Å²) in [5.74, 6) is 1.65. The quantitative estimate of drug-likeness (QED) is 0.893. The molecule has 1 aromatic rings. The second-order valence-corrected chi connectivity index (χ2v) is 6.27. The van der Waals surface area contributed by atoms with E-state index in [0.29, 0.717) is 6.10 Å². The Hall–Kier alpha value is -0.540. The molecule has 0 heterocycles. The van der Waals surface area contributed by atoms with Crippen molar-refractivity contribution in [3.05, 3.63) is 28.2 Å². The van der Waals surface area contributed by atoms with Gasteiger partial charge in [-0.15, -0.1) is 0 Å². The molecule has 1 atom stereocenters. The van der Waals surface area contributed by atoms with Crippen LogP contribution >= 0.6 is 15.9 Å². The van der Waals surface area contributed by atoms with Crippen LogP contribution in [0.3, 0.4) is 0 Å². The minimum atomic E-state index is -0.500. The van der Waals surface area contributed by atoms with E-state index in [1.54, 1.807) is 6.92 Å². The van der Waals surface area contributed by atoms with E-state index in [2.05, 4.69) is 22.9 Å². The van der Waals surface area contributed by atoms with Gasteiger partial charge in [-0.3, -0.25) is 0 Å². The Bertz CT molecular complexity index is 395. The molecule has 1 saturated carbocycles. The predicted molar refractivity (Wildman–Crippen MR) is 76.8 cm³/mol. The first-order chi connectivity index (χ1) is 8.56. The normalized spacial score (nSPS) is 25.8. The maximum atomic E-state index is 9.80. The van der Waals surface area contributed by atoms with Gasteiger partial charge in [-0.25, -0.2) is 0 Å². The van der Waals surface area contributed by atoms with E-state index in [4.69, 9.17) is 4.74 Å². The van der Waals surface area contributed by atoms with Gasteiger partial charge in [0.25, 0.3) is 0 Å². The smallest absolute Gasteiger partial charge is 0.125 e. The topological polar surface area (TPSA) is 29.5 Å². The molecule has 0 saturated heterocycles. The minimum Gasteiger partial charge on any atom is -0.490 e. The van der Waals surface area contributed by atoms with Crippen LogP contribution in [0.5, 0.6) is 5.75 Å². The predicted octanol–water partition coefficient (Wildman–Crippen LogP) is 4.46. The summed E-state index contributed by atoms with van der Waals surface area (Å²) < 4.78 is 7.05. The first-order valence-electron chi connectivity index (χ1n) is 6.70. The van der Waals surface area contributed by atoms with E-state index >= 15 is 0 Å². The second-order valence-electron chi connectivity index (χ2n) is 5.36. The van der Waals surface area contributed by atoms with Gasteiger partial charge in [0.2, 0.25) is 0 Å². The van der Waals surface area contributed by atoms with Crippen molar-refractivity contribution in [3.63, 3.8) is 0 Å². The van der Waals surface area contributed by atoms with Gasteiger partial charge in [0, 0.05) is 10.0 Å². The summed E-state index contributed by atoms with van der Waals surface area (Å²) in [6.45, 7) is 4.08. The van der Waals surface area contributed by atoms with Crippen LogP contribution in [0.1, 0.15) is 51.2 Å². The molecule has 0 radical (unpaired) electrons. The van der Waals surface area contributed by atoms with E-state index in [0.717, 1.165) is 34.5 Å². The van der Waals surface area contributed by atoms with Gasteiger partial charge < -0.3 is 9.84 Å². The van der Waals surface area contributed by atoms with Gasteiger partial charge >= 0.3 is 0 Å². The van der Waals surface area contributed by atoms with Gasteiger partial charge in [-0.2, -0.15) is 0 Å². The summed E-state index contributed by atoms with van der Waals surface area (Å²) in [5.41, 5.74) is 0.864. The van der Waals surface area contributed by atoms with Crippen molar-refractivity contribution in [2.45, 2.75) is 51.7 Å². The fourth-order valence-electron chi connectivity index (χ4n) is 2.48. The Morgan fingerprint density at radius 2 is 1.94 bits per heavy atom. The van der Waals surface area contributed by atoms with Crippen molar-refractivity contribution >= 4 is 15.9 Å². The average molecular weight is 313 g/mol. The summed E-state index contributed by atoms with van der Waals surface area (Å²) in [4.78, 5) is 0. The SMILES string of the molecule is CC1CCC(Oc2ccc(Br)cc2[C@@H](C)O)CC1. The zero-order valence-corrected chi connectivity index (χ0v) is 12.6. The molecule has 1 aromatic carbocycles. The number of ether oxygens (including phenoxy) is 1. The molecular weight excluding hydrogens is 292 g/mol. The molecule has 0 spiro atoms. The molecule has 0 aliphatic heterocycles. The van der Waals surface area contributed by atoms with E-state index in [1.165, 1.54) is 12.8 Å². The summed E-state index contributed by atoms with van der Waals surface area (Å²) in [6, 6.07) is 5.85. The van der Waals surface area contributed by atoms with Gasteiger partial charge in [-0.05, 0) is 56.7 Å². The number of benzene rings is 1. The van der Waals surface area contributed by atoms with Crippen molar-refractivity contribution in [1.29, 1.82) is 0 Å². The minimum absolute atomic E-state index is 0.305. The van der Waals surface area contributed by atoms with Crippen molar-refractivity contribution < 1.29 is 9.84 Å². The molecule has 2 nitrogen and oxygen atoms in total.